The van der Waals surface area contributed by atoms with Gasteiger partial charge in [0, 0.05) is 32.7 Å². The molecule has 0 N–H and O–H groups in total. The number of rotatable bonds is 7. The molecule has 2 heterocycles. The third kappa shape index (κ3) is 5.19. The molecule has 0 saturated carbocycles. The van der Waals surface area contributed by atoms with E-state index < -0.39 is 6.04 Å². The summed E-state index contributed by atoms with van der Waals surface area (Å²) >= 11 is 0. The Balaban J connectivity index is 1.43. The van der Waals surface area contributed by atoms with E-state index in [0.29, 0.717) is 32.4 Å². The van der Waals surface area contributed by atoms with Crippen LogP contribution in [0.3, 0.4) is 0 Å². The number of ether oxygens (including phenoxy) is 1. The molecule has 184 valence electrons. The van der Waals surface area contributed by atoms with Gasteiger partial charge in [0.05, 0.1) is 18.9 Å². The van der Waals surface area contributed by atoms with Crippen molar-refractivity contribution in [3.63, 3.8) is 0 Å². The summed E-state index contributed by atoms with van der Waals surface area (Å²) in [7, 11) is 1.66. The summed E-state index contributed by atoms with van der Waals surface area (Å²) < 4.78 is 5.24. The summed E-state index contributed by atoms with van der Waals surface area (Å²) in [6, 6.07) is 7.39. The van der Waals surface area contributed by atoms with Crippen LogP contribution in [0.1, 0.15) is 45.1 Å². The minimum absolute atomic E-state index is 0.0756. The first-order chi connectivity index (χ1) is 16.4. The first-order valence-corrected chi connectivity index (χ1v) is 12.5. The first kappa shape index (κ1) is 24.5. The van der Waals surface area contributed by atoms with E-state index in [1.165, 1.54) is 10.5 Å². The van der Waals surface area contributed by atoms with Crippen LogP contribution in [0.4, 0.5) is 0 Å². The summed E-state index contributed by atoms with van der Waals surface area (Å²) in [5.41, 5.74) is 1.21. The Labute approximate surface area is 202 Å². The minimum Gasteiger partial charge on any atom is -0.497 e. The number of likely N-dealkylation sites (tertiary alicyclic amines) is 1. The maximum Gasteiger partial charge on any atom is 0.245 e. The van der Waals surface area contributed by atoms with Crippen LogP contribution in [0.15, 0.2) is 36.4 Å². The van der Waals surface area contributed by atoms with Crippen LogP contribution in [0, 0.1) is 17.8 Å². The summed E-state index contributed by atoms with van der Waals surface area (Å²) in [5, 5.41) is 0. The van der Waals surface area contributed by atoms with Gasteiger partial charge in [-0.05, 0) is 49.3 Å². The monoisotopic (exact) mass is 467 g/mol. The van der Waals surface area contributed by atoms with E-state index in [1.54, 1.807) is 7.11 Å². The summed E-state index contributed by atoms with van der Waals surface area (Å²) in [5.74, 6) is 0.0492. The number of fused-ring (bicyclic) bond motifs is 1. The molecule has 7 nitrogen and oxygen atoms in total. The topological polar surface area (TPSA) is 70.2 Å². The Morgan fingerprint density at radius 2 is 1.62 bits per heavy atom. The molecule has 2 aliphatic heterocycles. The second-order valence-electron chi connectivity index (χ2n) is 10.2. The van der Waals surface area contributed by atoms with Crippen molar-refractivity contribution in [2.75, 3.05) is 33.3 Å². The Kier molecular flexibility index (Phi) is 7.71. The lowest BCUT2D eigenvalue weighted by Crippen LogP contribution is -2.52. The minimum atomic E-state index is -0.696. The molecule has 3 aliphatic rings. The van der Waals surface area contributed by atoms with Gasteiger partial charge in [0.15, 0.2) is 0 Å². The smallest absolute Gasteiger partial charge is 0.245 e. The molecule has 1 aromatic rings. The molecule has 0 aromatic heterocycles. The summed E-state index contributed by atoms with van der Waals surface area (Å²) in [4.78, 5) is 45.7. The van der Waals surface area contributed by atoms with Crippen LogP contribution in [-0.4, -0.2) is 71.8 Å². The van der Waals surface area contributed by atoms with Gasteiger partial charge in [-0.25, -0.2) is 0 Å². The molecule has 0 bridgehead atoms. The maximum atomic E-state index is 13.7. The highest BCUT2D eigenvalue weighted by molar-refractivity contribution is 6.08. The lowest BCUT2D eigenvalue weighted by atomic mass is 9.85. The van der Waals surface area contributed by atoms with Crippen molar-refractivity contribution in [2.45, 2.75) is 52.1 Å². The van der Waals surface area contributed by atoms with Gasteiger partial charge in [-0.15, -0.1) is 0 Å². The van der Waals surface area contributed by atoms with Crippen molar-refractivity contribution in [1.29, 1.82) is 0 Å². The molecular formula is C27H37N3O4. The number of carbonyl (C=O) groups is 3. The fourth-order valence-electron chi connectivity index (χ4n) is 5.45. The molecule has 7 heteroatoms. The molecule has 0 spiro atoms. The van der Waals surface area contributed by atoms with Crippen LogP contribution in [0.25, 0.3) is 0 Å². The van der Waals surface area contributed by atoms with E-state index in [-0.39, 0.29) is 35.5 Å². The average Bonchev–Trinajstić information content (AvgIpc) is 2.97. The van der Waals surface area contributed by atoms with Crippen molar-refractivity contribution >= 4 is 17.7 Å². The average molecular weight is 468 g/mol. The predicted octanol–water partition coefficient (Wildman–Crippen LogP) is 3.10. The molecular weight excluding hydrogens is 430 g/mol. The molecule has 1 aliphatic carbocycles. The van der Waals surface area contributed by atoms with Gasteiger partial charge in [0.25, 0.3) is 0 Å². The lowest BCUT2D eigenvalue weighted by Gasteiger charge is -2.32. The highest BCUT2D eigenvalue weighted by Gasteiger charge is 2.51. The Hall–Kier alpha value is -2.67. The van der Waals surface area contributed by atoms with Gasteiger partial charge in [-0.1, -0.05) is 38.1 Å². The summed E-state index contributed by atoms with van der Waals surface area (Å²) in [6.45, 7) is 7.83. The Morgan fingerprint density at radius 1 is 0.971 bits per heavy atom. The zero-order valence-electron chi connectivity index (χ0n) is 20.6. The quantitative estimate of drug-likeness (QED) is 0.455. The van der Waals surface area contributed by atoms with Crippen LogP contribution in [-0.2, 0) is 20.9 Å². The number of benzene rings is 1. The summed E-state index contributed by atoms with van der Waals surface area (Å²) in [6.07, 6.45) is 6.54. The first-order valence-electron chi connectivity index (χ1n) is 12.5. The number of amides is 3. The Bertz CT molecular complexity index is 900. The van der Waals surface area contributed by atoms with Crippen LogP contribution < -0.4 is 4.74 Å². The normalized spacial score (nSPS) is 24.4. The number of allylic oxidation sites excluding steroid dienone is 2. The van der Waals surface area contributed by atoms with Crippen LogP contribution >= 0.6 is 0 Å². The molecule has 3 unspecified atom stereocenters. The van der Waals surface area contributed by atoms with Gasteiger partial charge in [0.1, 0.15) is 11.8 Å². The van der Waals surface area contributed by atoms with Gasteiger partial charge in [-0.2, -0.15) is 0 Å². The zero-order chi connectivity index (χ0) is 24.2. The van der Waals surface area contributed by atoms with E-state index in [0.717, 1.165) is 31.8 Å². The fourth-order valence-corrected chi connectivity index (χ4v) is 5.45. The molecule has 1 aromatic carbocycles. The highest BCUT2D eigenvalue weighted by atomic mass is 16.5. The SMILES string of the molecule is COc1ccc(CN2CCCN(C(=O)C(CC(C)C)N3C(=O)C4CC=CCC4C3=O)CC2)cc1. The van der Waals surface area contributed by atoms with Gasteiger partial charge >= 0.3 is 0 Å². The largest absolute Gasteiger partial charge is 0.497 e. The van der Waals surface area contributed by atoms with E-state index in [9.17, 15) is 14.4 Å². The number of imide groups is 1. The zero-order valence-corrected chi connectivity index (χ0v) is 20.6. The van der Waals surface area contributed by atoms with Crippen molar-refractivity contribution in [1.82, 2.24) is 14.7 Å². The number of hydrogen-bond acceptors (Lipinski definition) is 5. The second kappa shape index (κ2) is 10.7. The van der Waals surface area contributed by atoms with Crippen molar-refractivity contribution < 1.29 is 19.1 Å². The predicted molar refractivity (Wildman–Crippen MR) is 130 cm³/mol. The molecule has 2 saturated heterocycles. The standard InChI is InChI=1S/C27H37N3O4/c1-19(2)17-24(30-25(31)22-7-4-5-8-23(22)26(30)32)27(33)29-14-6-13-28(15-16-29)18-20-9-11-21(34-3)12-10-20/h4-5,9-12,19,22-24H,6-8,13-18H2,1-3H3. The van der Waals surface area contributed by atoms with Crippen LogP contribution in [0.5, 0.6) is 5.75 Å². The molecule has 34 heavy (non-hydrogen) atoms. The third-order valence-corrected chi connectivity index (χ3v) is 7.30. The van der Waals surface area contributed by atoms with Gasteiger partial charge < -0.3 is 9.64 Å². The van der Waals surface area contributed by atoms with Crippen molar-refractivity contribution in [3.8, 4) is 5.75 Å². The highest BCUT2D eigenvalue weighted by Crippen LogP contribution is 2.37. The van der Waals surface area contributed by atoms with Crippen LogP contribution in [0.2, 0.25) is 0 Å². The van der Waals surface area contributed by atoms with E-state index >= 15 is 0 Å². The number of hydrogen-bond donors (Lipinski definition) is 0. The molecule has 4 rings (SSSR count). The van der Waals surface area contributed by atoms with Crippen molar-refractivity contribution in [2.24, 2.45) is 17.8 Å². The van der Waals surface area contributed by atoms with E-state index in [1.807, 2.05) is 43.0 Å². The maximum absolute atomic E-state index is 13.7. The lowest BCUT2D eigenvalue weighted by molar-refractivity contribution is -0.152. The number of nitrogens with zero attached hydrogens (tertiary/aromatic N) is 3. The molecule has 3 amide bonds. The molecule has 3 atom stereocenters. The Morgan fingerprint density at radius 3 is 2.21 bits per heavy atom. The number of carbonyl (C=O) groups excluding carboxylic acids is 3. The van der Waals surface area contributed by atoms with Gasteiger partial charge in [-0.3, -0.25) is 24.2 Å². The van der Waals surface area contributed by atoms with Crippen molar-refractivity contribution in [3.05, 3.63) is 42.0 Å². The van der Waals surface area contributed by atoms with Gasteiger partial charge in [0.2, 0.25) is 17.7 Å². The second-order valence-corrected chi connectivity index (χ2v) is 10.2. The van der Waals surface area contributed by atoms with E-state index in [2.05, 4.69) is 17.0 Å². The third-order valence-electron chi connectivity index (χ3n) is 7.30. The van der Waals surface area contributed by atoms with E-state index in [4.69, 9.17) is 4.74 Å². The fraction of sp³-hybridized carbons (Fsp3) is 0.593. The molecule has 2 fully saturated rings. The number of methoxy groups -OCH3 is 1. The molecule has 0 radical (unpaired) electrons.